The van der Waals surface area contributed by atoms with E-state index in [4.69, 9.17) is 0 Å². The molecule has 1 aliphatic rings. The van der Waals surface area contributed by atoms with E-state index in [9.17, 15) is 13.5 Å². The molecule has 0 bridgehead atoms. The summed E-state index contributed by atoms with van der Waals surface area (Å²) in [5.41, 5.74) is 4.05. The number of nitrogens with zero attached hydrogens (tertiary/aromatic N) is 1. The number of hydrogen-bond acceptors (Lipinski definition) is 3. The second-order valence-electron chi connectivity index (χ2n) is 8.49. The van der Waals surface area contributed by atoms with Gasteiger partial charge in [-0.05, 0) is 41.2 Å². The SMILES string of the molecule is CC(C)(C)c1ccc(S(=O)(=O)N2Cc3[nH]c4ccccc4c3CC2CO)cc1. The van der Waals surface area contributed by atoms with Gasteiger partial charge in [0.1, 0.15) is 0 Å². The molecule has 28 heavy (non-hydrogen) atoms. The highest BCUT2D eigenvalue weighted by molar-refractivity contribution is 7.89. The third-order valence-electron chi connectivity index (χ3n) is 5.60. The third kappa shape index (κ3) is 3.15. The van der Waals surface area contributed by atoms with E-state index in [1.54, 1.807) is 12.1 Å². The number of rotatable bonds is 3. The van der Waals surface area contributed by atoms with Crippen LogP contribution in [0.2, 0.25) is 0 Å². The number of hydrogen-bond donors (Lipinski definition) is 2. The highest BCUT2D eigenvalue weighted by Crippen LogP contribution is 2.33. The molecule has 148 valence electrons. The highest BCUT2D eigenvalue weighted by Gasteiger charge is 2.37. The predicted octanol–water partition coefficient (Wildman–Crippen LogP) is 3.57. The molecule has 0 amide bonds. The second-order valence-corrected chi connectivity index (χ2v) is 10.4. The Morgan fingerprint density at radius 3 is 2.43 bits per heavy atom. The molecular weight excluding hydrogens is 372 g/mol. The van der Waals surface area contributed by atoms with E-state index >= 15 is 0 Å². The minimum absolute atomic E-state index is 0.0414. The second kappa shape index (κ2) is 6.72. The number of para-hydroxylation sites is 1. The fourth-order valence-electron chi connectivity index (χ4n) is 3.95. The topological polar surface area (TPSA) is 73.4 Å². The van der Waals surface area contributed by atoms with E-state index in [1.807, 2.05) is 36.4 Å². The van der Waals surface area contributed by atoms with E-state index in [2.05, 4.69) is 25.8 Å². The van der Waals surface area contributed by atoms with Crippen LogP contribution >= 0.6 is 0 Å². The summed E-state index contributed by atoms with van der Waals surface area (Å²) in [6.45, 7) is 6.32. The molecule has 4 rings (SSSR count). The zero-order chi connectivity index (χ0) is 20.1. The Morgan fingerprint density at radius 1 is 1.11 bits per heavy atom. The van der Waals surface area contributed by atoms with Gasteiger partial charge in [-0.1, -0.05) is 51.1 Å². The largest absolute Gasteiger partial charge is 0.395 e. The molecule has 1 unspecified atom stereocenters. The van der Waals surface area contributed by atoms with Crippen LogP contribution in [0.1, 0.15) is 37.6 Å². The van der Waals surface area contributed by atoms with Gasteiger partial charge in [0.25, 0.3) is 0 Å². The molecule has 1 atom stereocenters. The van der Waals surface area contributed by atoms with Gasteiger partial charge >= 0.3 is 0 Å². The van der Waals surface area contributed by atoms with Crippen molar-refractivity contribution >= 4 is 20.9 Å². The summed E-state index contributed by atoms with van der Waals surface area (Å²) < 4.78 is 28.1. The third-order valence-corrected chi connectivity index (χ3v) is 7.51. The van der Waals surface area contributed by atoms with Gasteiger partial charge in [0.15, 0.2) is 0 Å². The van der Waals surface area contributed by atoms with Crippen molar-refractivity contribution in [1.82, 2.24) is 9.29 Å². The van der Waals surface area contributed by atoms with Gasteiger partial charge in [-0.2, -0.15) is 4.31 Å². The van der Waals surface area contributed by atoms with E-state index < -0.39 is 16.1 Å². The molecule has 0 saturated carbocycles. The lowest BCUT2D eigenvalue weighted by molar-refractivity contribution is 0.173. The number of H-pyrrole nitrogens is 1. The number of aliphatic hydroxyl groups excluding tert-OH is 1. The number of sulfonamides is 1. The van der Waals surface area contributed by atoms with Crippen molar-refractivity contribution in [2.45, 2.75) is 50.1 Å². The summed E-state index contributed by atoms with van der Waals surface area (Å²) in [5.74, 6) is 0. The average Bonchev–Trinajstić information content (AvgIpc) is 3.04. The number of aliphatic hydroxyl groups is 1. The first-order valence-corrected chi connectivity index (χ1v) is 11.0. The van der Waals surface area contributed by atoms with Gasteiger partial charge in [-0.3, -0.25) is 0 Å². The minimum Gasteiger partial charge on any atom is -0.395 e. The summed E-state index contributed by atoms with van der Waals surface area (Å²) >= 11 is 0. The molecule has 2 aromatic carbocycles. The lowest BCUT2D eigenvalue weighted by Gasteiger charge is -2.33. The van der Waals surface area contributed by atoms with Crippen molar-refractivity contribution in [3.05, 3.63) is 65.4 Å². The molecule has 0 spiro atoms. The predicted molar refractivity (Wildman–Crippen MR) is 111 cm³/mol. The van der Waals surface area contributed by atoms with Crippen molar-refractivity contribution < 1.29 is 13.5 Å². The van der Waals surface area contributed by atoms with Gasteiger partial charge < -0.3 is 10.1 Å². The smallest absolute Gasteiger partial charge is 0.243 e. The van der Waals surface area contributed by atoms with Crippen molar-refractivity contribution in [1.29, 1.82) is 0 Å². The first kappa shape index (κ1) is 19.2. The van der Waals surface area contributed by atoms with E-state index in [0.29, 0.717) is 6.42 Å². The molecule has 0 radical (unpaired) electrons. The fraction of sp³-hybridized carbons (Fsp3) is 0.364. The monoisotopic (exact) mass is 398 g/mol. The average molecular weight is 399 g/mol. The zero-order valence-corrected chi connectivity index (χ0v) is 17.3. The Morgan fingerprint density at radius 2 is 1.79 bits per heavy atom. The Hall–Kier alpha value is -2.15. The molecule has 1 aromatic heterocycles. The standard InChI is InChI=1S/C22H26N2O3S/c1-22(2,3)15-8-10-17(11-9-15)28(26,27)24-13-21-19(12-16(24)14-25)18-6-4-5-7-20(18)23-21/h4-11,16,23,25H,12-14H2,1-3H3. The van der Waals surface area contributed by atoms with Crippen LogP contribution < -0.4 is 0 Å². The van der Waals surface area contributed by atoms with Gasteiger partial charge in [0.05, 0.1) is 24.1 Å². The molecule has 6 heteroatoms. The van der Waals surface area contributed by atoms with Crippen LogP contribution in [0.25, 0.3) is 10.9 Å². The van der Waals surface area contributed by atoms with Crippen LogP contribution in [0.15, 0.2) is 53.4 Å². The lowest BCUT2D eigenvalue weighted by atomic mass is 9.87. The number of aromatic nitrogens is 1. The van der Waals surface area contributed by atoms with Crippen LogP contribution in [-0.4, -0.2) is 35.5 Å². The van der Waals surface area contributed by atoms with Crippen molar-refractivity contribution in [3.63, 3.8) is 0 Å². The minimum atomic E-state index is -3.71. The molecule has 2 N–H and O–H groups in total. The van der Waals surface area contributed by atoms with Gasteiger partial charge in [0.2, 0.25) is 10.0 Å². The Bertz CT molecular complexity index is 1110. The summed E-state index contributed by atoms with van der Waals surface area (Å²) in [7, 11) is -3.71. The Labute approximate surface area is 166 Å². The molecule has 0 aliphatic carbocycles. The van der Waals surface area contributed by atoms with Gasteiger partial charge in [-0.15, -0.1) is 0 Å². The summed E-state index contributed by atoms with van der Waals surface area (Å²) in [6, 6.07) is 14.6. The number of aromatic amines is 1. The molecule has 3 aromatic rings. The number of benzene rings is 2. The summed E-state index contributed by atoms with van der Waals surface area (Å²) in [6.07, 6.45) is 0.495. The maximum Gasteiger partial charge on any atom is 0.243 e. The van der Waals surface area contributed by atoms with Crippen molar-refractivity contribution in [2.75, 3.05) is 6.61 Å². The molecule has 2 heterocycles. The number of fused-ring (bicyclic) bond motifs is 3. The van der Waals surface area contributed by atoms with Crippen LogP contribution in [0.5, 0.6) is 0 Å². The van der Waals surface area contributed by atoms with E-state index in [1.165, 1.54) is 4.31 Å². The first-order valence-electron chi connectivity index (χ1n) is 9.53. The summed E-state index contributed by atoms with van der Waals surface area (Å²) in [4.78, 5) is 3.62. The van der Waals surface area contributed by atoms with Gasteiger partial charge in [-0.25, -0.2) is 8.42 Å². The van der Waals surface area contributed by atoms with Gasteiger partial charge in [0, 0.05) is 16.6 Å². The molecular formula is C22H26N2O3S. The maximum absolute atomic E-state index is 13.3. The first-order chi connectivity index (χ1) is 13.2. The molecule has 5 nitrogen and oxygen atoms in total. The van der Waals surface area contributed by atoms with Crippen molar-refractivity contribution in [3.8, 4) is 0 Å². The fourth-order valence-corrected chi connectivity index (χ4v) is 5.53. The normalized spacial score (nSPS) is 18.4. The molecule has 1 aliphatic heterocycles. The van der Waals surface area contributed by atoms with Crippen LogP contribution in [0, 0.1) is 0 Å². The lowest BCUT2D eigenvalue weighted by Crippen LogP contribution is -2.46. The number of nitrogens with one attached hydrogen (secondary N) is 1. The van der Waals surface area contributed by atoms with Crippen LogP contribution in [0.4, 0.5) is 0 Å². The Kier molecular flexibility index (Phi) is 4.61. The van der Waals surface area contributed by atoms with E-state index in [0.717, 1.165) is 27.7 Å². The van der Waals surface area contributed by atoms with Crippen LogP contribution in [0.3, 0.4) is 0 Å². The van der Waals surface area contributed by atoms with Crippen molar-refractivity contribution in [2.24, 2.45) is 0 Å². The molecule has 0 saturated heterocycles. The quantitative estimate of drug-likeness (QED) is 0.708. The Balaban J connectivity index is 1.72. The van der Waals surface area contributed by atoms with Crippen LogP contribution in [-0.2, 0) is 28.4 Å². The molecule has 0 fully saturated rings. The zero-order valence-electron chi connectivity index (χ0n) is 16.4. The highest BCUT2D eigenvalue weighted by atomic mass is 32.2. The maximum atomic E-state index is 13.3. The summed E-state index contributed by atoms with van der Waals surface area (Å²) in [5, 5.41) is 11.0. The van der Waals surface area contributed by atoms with E-state index in [-0.39, 0.29) is 23.5 Å².